The summed E-state index contributed by atoms with van der Waals surface area (Å²) in [5.74, 6) is 0.287. The van der Waals surface area contributed by atoms with Crippen LogP contribution >= 0.6 is 0 Å². The molecule has 3 rings (SSSR count). The first-order valence-corrected chi connectivity index (χ1v) is 9.25. The lowest BCUT2D eigenvalue weighted by Crippen LogP contribution is -2.41. The van der Waals surface area contributed by atoms with E-state index in [9.17, 15) is 9.59 Å². The van der Waals surface area contributed by atoms with Gasteiger partial charge >= 0.3 is 5.97 Å². The van der Waals surface area contributed by atoms with Gasteiger partial charge in [-0.2, -0.15) is 0 Å². The van der Waals surface area contributed by atoms with Gasteiger partial charge in [0, 0.05) is 18.9 Å². The molecule has 1 fully saturated rings. The van der Waals surface area contributed by atoms with E-state index >= 15 is 0 Å². The molecule has 3 atom stereocenters. The highest BCUT2D eigenvalue weighted by Crippen LogP contribution is 2.40. The fourth-order valence-electron chi connectivity index (χ4n) is 4.04. The van der Waals surface area contributed by atoms with Crippen LogP contribution in [0.3, 0.4) is 0 Å². The number of unbranched alkanes of at least 4 members (excludes halogenated alkanes) is 1. The molecule has 2 aliphatic rings. The van der Waals surface area contributed by atoms with Gasteiger partial charge < -0.3 is 9.64 Å². The summed E-state index contributed by atoms with van der Waals surface area (Å²) < 4.78 is 5.03. The Kier molecular flexibility index (Phi) is 5.57. The highest BCUT2D eigenvalue weighted by atomic mass is 16.5. The standard InChI is InChI=1S/C21H27NO3/c1-3-4-10-16-12-17-13-22(14-18(17)20(16)23)19(21(24)25-2)11-15-8-6-5-7-9-15/h5-9,13,16,18-19H,3-4,10-12,14H2,1-2H3/t16?,18-,19+/m1/s1. The van der Waals surface area contributed by atoms with Gasteiger partial charge in [-0.3, -0.25) is 4.79 Å². The lowest BCUT2D eigenvalue weighted by Gasteiger charge is -2.27. The van der Waals surface area contributed by atoms with Crippen molar-refractivity contribution in [3.8, 4) is 0 Å². The van der Waals surface area contributed by atoms with Crippen molar-refractivity contribution in [2.75, 3.05) is 13.7 Å². The predicted molar refractivity (Wildman–Crippen MR) is 96.9 cm³/mol. The van der Waals surface area contributed by atoms with Crippen LogP contribution in [0.4, 0.5) is 0 Å². The zero-order valence-corrected chi connectivity index (χ0v) is 15.1. The van der Waals surface area contributed by atoms with E-state index in [0.717, 1.165) is 31.2 Å². The molecule has 1 aromatic carbocycles. The summed E-state index contributed by atoms with van der Waals surface area (Å²) in [5, 5.41) is 0. The second kappa shape index (κ2) is 7.85. The minimum Gasteiger partial charge on any atom is -0.467 e. The molecule has 134 valence electrons. The van der Waals surface area contributed by atoms with E-state index in [1.165, 1.54) is 12.7 Å². The summed E-state index contributed by atoms with van der Waals surface area (Å²) >= 11 is 0. The number of hydrogen-bond donors (Lipinski definition) is 0. The number of ketones is 1. The molecule has 0 N–H and O–H groups in total. The van der Waals surface area contributed by atoms with Gasteiger partial charge in [-0.15, -0.1) is 0 Å². The molecular weight excluding hydrogens is 314 g/mol. The Bertz CT molecular complexity index is 652. The van der Waals surface area contributed by atoms with Crippen LogP contribution in [0.1, 0.15) is 38.2 Å². The van der Waals surface area contributed by atoms with E-state index in [1.807, 2.05) is 35.2 Å². The molecule has 1 aromatic rings. The second-order valence-electron chi connectivity index (χ2n) is 7.13. The van der Waals surface area contributed by atoms with Gasteiger partial charge in [0.2, 0.25) is 0 Å². The van der Waals surface area contributed by atoms with Crippen LogP contribution in [0.15, 0.2) is 42.1 Å². The van der Waals surface area contributed by atoms with E-state index in [4.69, 9.17) is 4.74 Å². The van der Waals surface area contributed by atoms with Gasteiger partial charge in [0.15, 0.2) is 0 Å². The first kappa shape index (κ1) is 17.7. The van der Waals surface area contributed by atoms with Crippen molar-refractivity contribution < 1.29 is 14.3 Å². The summed E-state index contributed by atoms with van der Waals surface area (Å²) in [6, 6.07) is 9.59. The fourth-order valence-corrected chi connectivity index (χ4v) is 4.04. The van der Waals surface area contributed by atoms with Crippen molar-refractivity contribution in [1.82, 2.24) is 4.90 Å². The Hall–Kier alpha value is -2.10. The normalized spacial score (nSPS) is 23.4. The van der Waals surface area contributed by atoms with Crippen LogP contribution in [0.25, 0.3) is 0 Å². The molecular formula is C21H27NO3. The van der Waals surface area contributed by atoms with E-state index in [2.05, 4.69) is 13.1 Å². The quantitative estimate of drug-likeness (QED) is 0.714. The molecule has 25 heavy (non-hydrogen) atoms. The van der Waals surface area contributed by atoms with E-state index < -0.39 is 0 Å². The highest BCUT2D eigenvalue weighted by molar-refractivity contribution is 5.90. The number of ether oxygens (including phenoxy) is 1. The molecule has 0 bridgehead atoms. The Labute approximate surface area is 149 Å². The fraction of sp³-hybridized carbons (Fsp3) is 0.524. The number of carbonyl (C=O) groups is 2. The third kappa shape index (κ3) is 3.78. The summed E-state index contributed by atoms with van der Waals surface area (Å²) in [7, 11) is 1.43. The number of carbonyl (C=O) groups excluding carboxylic acids is 2. The molecule has 1 heterocycles. The number of nitrogens with zero attached hydrogens (tertiary/aromatic N) is 1. The third-order valence-electron chi connectivity index (χ3n) is 5.45. The summed E-state index contributed by atoms with van der Waals surface area (Å²) in [6.07, 6.45) is 6.74. The topological polar surface area (TPSA) is 46.6 Å². The molecule has 0 radical (unpaired) electrons. The minimum absolute atomic E-state index is 0.0233. The van der Waals surface area contributed by atoms with E-state index in [-0.39, 0.29) is 23.8 Å². The van der Waals surface area contributed by atoms with Crippen molar-refractivity contribution in [1.29, 1.82) is 0 Å². The molecule has 1 aliphatic heterocycles. The van der Waals surface area contributed by atoms with Crippen molar-refractivity contribution >= 4 is 11.8 Å². The maximum Gasteiger partial charge on any atom is 0.328 e. The number of rotatable bonds is 7. The van der Waals surface area contributed by atoms with Crippen LogP contribution in [0, 0.1) is 11.8 Å². The number of hydrogen-bond acceptors (Lipinski definition) is 4. The zero-order valence-electron chi connectivity index (χ0n) is 15.1. The average Bonchev–Trinajstić information content (AvgIpc) is 3.17. The number of methoxy groups -OCH3 is 1. The number of benzene rings is 1. The Balaban J connectivity index is 1.73. The Morgan fingerprint density at radius 3 is 2.72 bits per heavy atom. The lowest BCUT2D eigenvalue weighted by molar-refractivity contribution is -0.146. The Morgan fingerprint density at radius 1 is 1.32 bits per heavy atom. The largest absolute Gasteiger partial charge is 0.467 e. The summed E-state index contributed by atoms with van der Waals surface area (Å²) in [4.78, 5) is 27.0. The Morgan fingerprint density at radius 2 is 2.08 bits per heavy atom. The van der Waals surface area contributed by atoms with Crippen LogP contribution in [-0.4, -0.2) is 36.3 Å². The molecule has 0 spiro atoms. The van der Waals surface area contributed by atoms with Gasteiger partial charge in [-0.05, 0) is 30.2 Å². The molecule has 4 heteroatoms. The van der Waals surface area contributed by atoms with Gasteiger partial charge in [-0.25, -0.2) is 4.79 Å². The molecule has 1 unspecified atom stereocenters. The maximum absolute atomic E-state index is 12.7. The number of esters is 1. The number of fused-ring (bicyclic) bond motifs is 1. The maximum atomic E-state index is 12.7. The molecule has 0 amide bonds. The zero-order chi connectivity index (χ0) is 17.8. The van der Waals surface area contributed by atoms with Crippen molar-refractivity contribution in [2.45, 2.75) is 45.1 Å². The van der Waals surface area contributed by atoms with Gasteiger partial charge in [0.05, 0.1) is 13.0 Å². The molecule has 4 nitrogen and oxygen atoms in total. The van der Waals surface area contributed by atoms with Crippen molar-refractivity contribution in [3.63, 3.8) is 0 Å². The monoisotopic (exact) mass is 341 g/mol. The first-order chi connectivity index (χ1) is 12.1. The van der Waals surface area contributed by atoms with Gasteiger partial charge in [0.25, 0.3) is 0 Å². The van der Waals surface area contributed by atoms with E-state index in [1.54, 1.807) is 0 Å². The van der Waals surface area contributed by atoms with Crippen molar-refractivity contribution in [2.24, 2.45) is 11.8 Å². The number of Topliss-reactive ketones (excluding diaryl/α,β-unsaturated/α-hetero) is 1. The predicted octanol–water partition coefficient (Wildman–Crippen LogP) is 3.37. The second-order valence-corrected chi connectivity index (χ2v) is 7.13. The van der Waals surface area contributed by atoms with Crippen molar-refractivity contribution in [3.05, 3.63) is 47.7 Å². The van der Waals surface area contributed by atoms with Crippen LogP contribution in [0.5, 0.6) is 0 Å². The lowest BCUT2D eigenvalue weighted by atomic mass is 9.97. The molecule has 0 saturated heterocycles. The van der Waals surface area contributed by atoms with Crippen LogP contribution in [0.2, 0.25) is 0 Å². The first-order valence-electron chi connectivity index (χ1n) is 9.25. The third-order valence-corrected chi connectivity index (χ3v) is 5.45. The van der Waals surface area contributed by atoms with E-state index in [0.29, 0.717) is 18.7 Å². The summed E-state index contributed by atoms with van der Waals surface area (Å²) in [6.45, 7) is 2.77. The smallest absolute Gasteiger partial charge is 0.328 e. The summed E-state index contributed by atoms with van der Waals surface area (Å²) in [5.41, 5.74) is 2.30. The molecule has 1 aliphatic carbocycles. The highest BCUT2D eigenvalue weighted by Gasteiger charge is 2.43. The minimum atomic E-state index is -0.368. The van der Waals surface area contributed by atoms with Gasteiger partial charge in [-0.1, -0.05) is 50.1 Å². The SMILES string of the molecule is CCCCC1CC2=CN([C@@H](Cc3ccccc3)C(=O)OC)C[C@H]2C1=O. The van der Waals surface area contributed by atoms with Crippen LogP contribution < -0.4 is 0 Å². The molecule has 1 saturated carbocycles. The average molecular weight is 341 g/mol. The van der Waals surface area contributed by atoms with Gasteiger partial charge in [0.1, 0.15) is 11.8 Å². The molecule has 0 aromatic heterocycles. The van der Waals surface area contributed by atoms with Crippen LogP contribution in [-0.2, 0) is 20.7 Å².